The lowest BCUT2D eigenvalue weighted by molar-refractivity contribution is 0.304. The smallest absolute Gasteiger partial charge is 0.151 e. The first kappa shape index (κ1) is 16.9. The quantitative estimate of drug-likeness (QED) is 0.378. The van der Waals surface area contributed by atoms with Crippen LogP contribution in [0.1, 0.15) is 51.0 Å². The van der Waals surface area contributed by atoms with Crippen molar-refractivity contribution in [3.05, 3.63) is 29.8 Å². The third-order valence-electron chi connectivity index (χ3n) is 3.08. The minimum Gasteiger partial charge on any atom is -0.494 e. The molecule has 4 heteroatoms. The van der Waals surface area contributed by atoms with Gasteiger partial charge in [-0.15, -0.1) is 0 Å². The molecule has 0 spiro atoms. The van der Waals surface area contributed by atoms with Gasteiger partial charge in [0, 0.05) is 5.75 Å². The summed E-state index contributed by atoms with van der Waals surface area (Å²) in [5.41, 5.74) is 6.48. The minimum atomic E-state index is 0.161. The van der Waals surface area contributed by atoms with Gasteiger partial charge < -0.3 is 10.5 Å². The lowest BCUT2D eigenvalue weighted by atomic mass is 10.1. The molecule has 1 rings (SSSR count). The van der Waals surface area contributed by atoms with Gasteiger partial charge in [0.2, 0.25) is 0 Å². The molecule has 0 aromatic heterocycles. The van der Waals surface area contributed by atoms with Crippen LogP contribution >= 0.6 is 11.8 Å². The second-order valence-electron chi connectivity index (χ2n) is 4.91. The van der Waals surface area contributed by atoms with E-state index in [1.54, 1.807) is 0 Å². The van der Waals surface area contributed by atoms with Crippen LogP contribution in [0.5, 0.6) is 5.75 Å². The first-order chi connectivity index (χ1) is 9.72. The molecule has 20 heavy (non-hydrogen) atoms. The summed E-state index contributed by atoms with van der Waals surface area (Å²) in [7, 11) is 0. The van der Waals surface area contributed by atoms with Crippen LogP contribution in [-0.4, -0.2) is 11.8 Å². The Kier molecular flexibility index (Phi) is 8.96. The largest absolute Gasteiger partial charge is 0.494 e. The van der Waals surface area contributed by atoms with Crippen molar-refractivity contribution in [2.45, 2.75) is 51.2 Å². The summed E-state index contributed by atoms with van der Waals surface area (Å²) >= 11 is 1.34. The van der Waals surface area contributed by atoms with E-state index in [9.17, 15) is 0 Å². The van der Waals surface area contributed by atoms with Crippen LogP contribution in [0.4, 0.5) is 0 Å². The van der Waals surface area contributed by atoms with Gasteiger partial charge in [-0.25, -0.2) is 0 Å². The summed E-state index contributed by atoms with van der Waals surface area (Å²) in [5, 5.41) is 7.34. The van der Waals surface area contributed by atoms with Gasteiger partial charge in [-0.05, 0) is 24.1 Å². The zero-order chi connectivity index (χ0) is 14.6. The van der Waals surface area contributed by atoms with E-state index in [-0.39, 0.29) is 5.17 Å². The van der Waals surface area contributed by atoms with Crippen molar-refractivity contribution in [1.82, 2.24) is 0 Å². The van der Waals surface area contributed by atoms with E-state index >= 15 is 0 Å². The summed E-state index contributed by atoms with van der Waals surface area (Å²) < 4.78 is 5.72. The van der Waals surface area contributed by atoms with Crippen LogP contribution in [0.3, 0.4) is 0 Å². The highest BCUT2D eigenvalue weighted by molar-refractivity contribution is 8.13. The van der Waals surface area contributed by atoms with Crippen LogP contribution in [0.2, 0.25) is 0 Å². The molecule has 0 atom stereocenters. The number of thioether (sulfide) groups is 1. The highest BCUT2D eigenvalue weighted by atomic mass is 32.2. The Morgan fingerprint density at radius 2 is 1.75 bits per heavy atom. The van der Waals surface area contributed by atoms with Gasteiger partial charge in [-0.3, -0.25) is 5.41 Å². The number of hydrogen-bond acceptors (Lipinski definition) is 3. The molecule has 0 bridgehead atoms. The maximum absolute atomic E-state index is 7.17. The van der Waals surface area contributed by atoms with E-state index in [2.05, 4.69) is 6.92 Å². The van der Waals surface area contributed by atoms with E-state index in [0.29, 0.717) is 0 Å². The molecule has 0 fully saturated rings. The fraction of sp³-hybridized carbons (Fsp3) is 0.562. The first-order valence-corrected chi connectivity index (χ1v) is 8.39. The second kappa shape index (κ2) is 10.6. The van der Waals surface area contributed by atoms with E-state index in [4.69, 9.17) is 15.9 Å². The highest BCUT2D eigenvalue weighted by Crippen LogP contribution is 2.17. The van der Waals surface area contributed by atoms with E-state index in [0.717, 1.165) is 30.1 Å². The van der Waals surface area contributed by atoms with E-state index < -0.39 is 0 Å². The molecule has 0 amide bonds. The van der Waals surface area contributed by atoms with Crippen LogP contribution in [0, 0.1) is 5.41 Å². The van der Waals surface area contributed by atoms with Gasteiger partial charge >= 0.3 is 0 Å². The Hall–Kier alpha value is -1.16. The van der Waals surface area contributed by atoms with Crippen molar-refractivity contribution in [2.75, 3.05) is 6.61 Å². The minimum absolute atomic E-state index is 0.161. The predicted molar refractivity (Wildman–Crippen MR) is 88.5 cm³/mol. The van der Waals surface area contributed by atoms with Gasteiger partial charge in [0.05, 0.1) is 6.61 Å². The number of nitrogens with one attached hydrogen (secondary N) is 1. The number of amidine groups is 1. The normalized spacial score (nSPS) is 10.4. The molecular weight excluding hydrogens is 268 g/mol. The average Bonchev–Trinajstić information content (AvgIpc) is 2.45. The number of rotatable bonds is 10. The fourth-order valence-corrected chi connectivity index (χ4v) is 2.43. The average molecular weight is 294 g/mol. The van der Waals surface area contributed by atoms with Crippen LogP contribution in [0.15, 0.2) is 24.3 Å². The molecule has 1 aromatic rings. The fourth-order valence-electron chi connectivity index (χ4n) is 1.92. The molecule has 3 N–H and O–H groups in total. The Morgan fingerprint density at radius 1 is 1.10 bits per heavy atom. The van der Waals surface area contributed by atoms with Crippen LogP contribution in [0.25, 0.3) is 0 Å². The molecular formula is C16H26N2OS. The lowest BCUT2D eigenvalue weighted by Gasteiger charge is -2.07. The number of ether oxygens (including phenoxy) is 1. The van der Waals surface area contributed by atoms with Crippen molar-refractivity contribution >= 4 is 16.9 Å². The third-order valence-corrected chi connectivity index (χ3v) is 3.87. The summed E-state index contributed by atoms with van der Waals surface area (Å²) in [6, 6.07) is 8.05. The van der Waals surface area contributed by atoms with Gasteiger partial charge in [-0.1, -0.05) is 62.9 Å². The van der Waals surface area contributed by atoms with Crippen molar-refractivity contribution in [3.8, 4) is 5.75 Å². The van der Waals surface area contributed by atoms with E-state index in [1.165, 1.54) is 43.9 Å². The Balaban J connectivity index is 2.13. The Labute approximate surface area is 126 Å². The van der Waals surface area contributed by atoms with Crippen molar-refractivity contribution in [3.63, 3.8) is 0 Å². The standard InChI is InChI=1S/C16H26N2OS/c1-2-3-4-5-6-7-12-19-15-10-8-14(9-11-15)13-20-16(17)18/h8-11H,2-7,12-13H2,1H3,(H3,17,18). The SMILES string of the molecule is CCCCCCCCOc1ccc(CSC(=N)N)cc1. The molecule has 0 aliphatic rings. The van der Waals surface area contributed by atoms with Gasteiger partial charge in [0.15, 0.2) is 5.17 Å². The molecule has 0 radical (unpaired) electrons. The first-order valence-electron chi connectivity index (χ1n) is 7.41. The number of hydrogen-bond donors (Lipinski definition) is 2. The maximum Gasteiger partial charge on any atom is 0.151 e. The maximum atomic E-state index is 7.17. The van der Waals surface area contributed by atoms with E-state index in [1.807, 2.05) is 24.3 Å². The van der Waals surface area contributed by atoms with Crippen molar-refractivity contribution in [2.24, 2.45) is 5.73 Å². The highest BCUT2D eigenvalue weighted by Gasteiger charge is 1.98. The Morgan fingerprint density at radius 3 is 2.40 bits per heavy atom. The molecule has 0 aliphatic heterocycles. The number of nitrogens with two attached hydrogens (primary N) is 1. The second-order valence-corrected chi connectivity index (χ2v) is 5.93. The summed E-state index contributed by atoms with van der Waals surface area (Å²) in [5.74, 6) is 1.67. The Bertz CT molecular complexity index is 379. The summed E-state index contributed by atoms with van der Waals surface area (Å²) in [4.78, 5) is 0. The van der Waals surface area contributed by atoms with Crippen molar-refractivity contribution in [1.29, 1.82) is 5.41 Å². The topological polar surface area (TPSA) is 59.1 Å². The third kappa shape index (κ3) is 8.10. The zero-order valence-electron chi connectivity index (χ0n) is 12.4. The molecule has 112 valence electrons. The van der Waals surface area contributed by atoms with Gasteiger partial charge in [0.1, 0.15) is 5.75 Å². The van der Waals surface area contributed by atoms with Gasteiger partial charge in [0.25, 0.3) is 0 Å². The number of unbranched alkanes of at least 4 members (excludes halogenated alkanes) is 5. The molecule has 1 aromatic carbocycles. The monoisotopic (exact) mass is 294 g/mol. The predicted octanol–water partition coefficient (Wildman–Crippen LogP) is 4.55. The van der Waals surface area contributed by atoms with Gasteiger partial charge in [-0.2, -0.15) is 0 Å². The summed E-state index contributed by atoms with van der Waals surface area (Å²) in [6.45, 7) is 3.04. The van der Waals surface area contributed by atoms with Crippen LogP contribution < -0.4 is 10.5 Å². The molecule has 0 aliphatic carbocycles. The lowest BCUT2D eigenvalue weighted by Crippen LogP contribution is -2.03. The molecule has 0 unspecified atom stereocenters. The zero-order valence-corrected chi connectivity index (χ0v) is 13.2. The van der Waals surface area contributed by atoms with Crippen LogP contribution in [-0.2, 0) is 5.75 Å². The molecule has 0 saturated carbocycles. The number of benzene rings is 1. The molecule has 0 saturated heterocycles. The van der Waals surface area contributed by atoms with Crippen molar-refractivity contribution < 1.29 is 4.74 Å². The summed E-state index contributed by atoms with van der Waals surface area (Å²) in [6.07, 6.45) is 7.70. The molecule has 3 nitrogen and oxygen atoms in total. The molecule has 0 heterocycles.